The van der Waals surface area contributed by atoms with E-state index in [9.17, 15) is 8.78 Å². The van der Waals surface area contributed by atoms with E-state index in [2.05, 4.69) is 36.9 Å². The van der Waals surface area contributed by atoms with Crippen LogP contribution in [0.3, 0.4) is 0 Å². The van der Waals surface area contributed by atoms with Gasteiger partial charge in [-0.1, -0.05) is 0 Å². The number of likely N-dealkylation sites (N-methyl/N-ethyl adjacent to an activating group) is 1. The fourth-order valence-corrected chi connectivity index (χ4v) is 4.01. The van der Waals surface area contributed by atoms with Crippen molar-refractivity contribution in [3.05, 3.63) is 60.5 Å². The lowest BCUT2D eigenvalue weighted by atomic mass is 10.2. The molecule has 4 heterocycles. The highest BCUT2D eigenvalue weighted by molar-refractivity contribution is 5.91. The molecule has 0 radical (unpaired) electrons. The Kier molecular flexibility index (Phi) is 6.32. The van der Waals surface area contributed by atoms with Crippen LogP contribution in [-0.2, 0) is 6.54 Å². The van der Waals surface area contributed by atoms with Crippen LogP contribution < -0.4 is 11.1 Å². The average molecular weight is 481 g/mol. The highest BCUT2D eigenvalue weighted by Crippen LogP contribution is 2.24. The highest BCUT2D eigenvalue weighted by atomic mass is 19.1. The Hall–Kier alpha value is -3.99. The molecule has 0 amide bonds. The minimum absolute atomic E-state index is 0.260. The zero-order valence-electron chi connectivity index (χ0n) is 19.3. The Bertz CT molecular complexity index is 1440. The topological polar surface area (TPSA) is 102 Å². The van der Waals surface area contributed by atoms with Crippen molar-refractivity contribution in [3.63, 3.8) is 0 Å². The molecule has 35 heavy (non-hydrogen) atoms. The Morgan fingerprint density at radius 2 is 1.97 bits per heavy atom. The smallest absolute Gasteiger partial charge is 0.225 e. The molecule has 9 nitrogen and oxygen atoms in total. The van der Waals surface area contributed by atoms with Gasteiger partial charge in [0.25, 0.3) is 0 Å². The van der Waals surface area contributed by atoms with Crippen LogP contribution in [0.25, 0.3) is 28.3 Å². The lowest BCUT2D eigenvalue weighted by Gasteiger charge is -2.17. The summed E-state index contributed by atoms with van der Waals surface area (Å²) in [6.07, 6.45) is 5.37. The third-order valence-electron chi connectivity index (χ3n) is 5.90. The summed E-state index contributed by atoms with van der Waals surface area (Å²) >= 11 is 0. The van der Waals surface area contributed by atoms with Crippen LogP contribution in [0.4, 0.5) is 20.4 Å². The molecule has 0 bridgehead atoms. The van der Waals surface area contributed by atoms with Crippen LogP contribution in [0, 0.1) is 11.6 Å². The molecule has 4 aromatic heterocycles. The maximum Gasteiger partial charge on any atom is 0.225 e. The number of furan rings is 1. The van der Waals surface area contributed by atoms with Gasteiger partial charge in [0, 0.05) is 31.9 Å². The van der Waals surface area contributed by atoms with Gasteiger partial charge in [0.1, 0.15) is 17.3 Å². The molecule has 0 saturated heterocycles. The van der Waals surface area contributed by atoms with E-state index in [4.69, 9.17) is 10.2 Å². The summed E-state index contributed by atoms with van der Waals surface area (Å²) < 4.78 is 35.7. The molecule has 0 aliphatic rings. The van der Waals surface area contributed by atoms with E-state index in [1.54, 1.807) is 18.4 Å². The van der Waals surface area contributed by atoms with Crippen molar-refractivity contribution in [1.82, 2.24) is 29.0 Å². The number of benzene rings is 1. The SMILES string of the molecule is CN(CCCCNc1ccc(F)cc1F)CCn1ccc2c1nc(N)n1nc(-c3ccco3)nc21. The predicted octanol–water partition coefficient (Wildman–Crippen LogP) is 4.02. The summed E-state index contributed by atoms with van der Waals surface area (Å²) in [6.45, 7) is 3.07. The fourth-order valence-electron chi connectivity index (χ4n) is 4.01. The normalized spacial score (nSPS) is 11.8. The van der Waals surface area contributed by atoms with Crippen LogP contribution in [0.2, 0.25) is 0 Å². The monoisotopic (exact) mass is 480 g/mol. The van der Waals surface area contributed by atoms with E-state index in [-0.39, 0.29) is 5.95 Å². The van der Waals surface area contributed by atoms with Crippen LogP contribution in [0.5, 0.6) is 0 Å². The maximum absolute atomic E-state index is 13.7. The first-order chi connectivity index (χ1) is 17.0. The lowest BCUT2D eigenvalue weighted by molar-refractivity contribution is 0.314. The van der Waals surface area contributed by atoms with Gasteiger partial charge in [0.05, 0.1) is 17.3 Å². The molecular weight excluding hydrogens is 454 g/mol. The molecule has 1 aromatic carbocycles. The second-order valence-corrected chi connectivity index (χ2v) is 8.43. The van der Waals surface area contributed by atoms with Crippen molar-refractivity contribution in [1.29, 1.82) is 0 Å². The Labute approximate surface area is 200 Å². The second-order valence-electron chi connectivity index (χ2n) is 8.43. The Morgan fingerprint density at radius 1 is 1.09 bits per heavy atom. The van der Waals surface area contributed by atoms with E-state index >= 15 is 0 Å². The van der Waals surface area contributed by atoms with Gasteiger partial charge in [-0.15, -0.1) is 5.10 Å². The van der Waals surface area contributed by atoms with Crippen LogP contribution in [-0.4, -0.2) is 55.7 Å². The van der Waals surface area contributed by atoms with Gasteiger partial charge in [-0.05, 0) is 56.8 Å². The number of halogens is 2. The quantitative estimate of drug-likeness (QED) is 0.291. The number of nitrogens with one attached hydrogen (secondary N) is 1. The van der Waals surface area contributed by atoms with Gasteiger partial charge < -0.3 is 24.9 Å². The number of nitrogens with zero attached hydrogens (tertiary/aromatic N) is 6. The summed E-state index contributed by atoms with van der Waals surface area (Å²) in [6, 6.07) is 9.11. The standard InChI is InChI=1S/C24H26F2N8O/c1-32(10-3-2-9-28-19-7-6-16(25)15-18(19)26)12-13-33-11-8-17-22(33)30-24(27)34-23(17)29-21(31-34)20-5-4-14-35-20/h4-8,11,14-15,28H,2-3,9-10,12-13H2,1H3,(H2,27,30). The molecule has 0 fully saturated rings. The minimum atomic E-state index is -0.576. The molecule has 11 heteroatoms. The van der Waals surface area contributed by atoms with Gasteiger partial charge in [-0.3, -0.25) is 0 Å². The van der Waals surface area contributed by atoms with E-state index in [0.717, 1.165) is 49.6 Å². The summed E-state index contributed by atoms with van der Waals surface area (Å²) in [5, 5.41) is 8.31. The van der Waals surface area contributed by atoms with Gasteiger partial charge in [0.2, 0.25) is 11.8 Å². The number of unbranched alkanes of at least 4 members (excludes halogenated alkanes) is 1. The molecule has 5 aromatic rings. The van der Waals surface area contributed by atoms with E-state index in [1.807, 2.05) is 12.3 Å². The maximum atomic E-state index is 13.7. The number of hydrogen-bond acceptors (Lipinski definition) is 7. The number of fused-ring (bicyclic) bond motifs is 3. The van der Waals surface area contributed by atoms with Crippen LogP contribution in [0.15, 0.2) is 53.3 Å². The van der Waals surface area contributed by atoms with E-state index < -0.39 is 11.6 Å². The highest BCUT2D eigenvalue weighted by Gasteiger charge is 2.16. The summed E-state index contributed by atoms with van der Waals surface area (Å²) in [5.74, 6) is 0.139. The molecule has 0 unspecified atom stereocenters. The number of rotatable bonds is 10. The predicted molar refractivity (Wildman–Crippen MR) is 130 cm³/mol. The molecule has 3 N–H and O–H groups in total. The molecule has 182 valence electrons. The molecule has 5 rings (SSSR count). The zero-order chi connectivity index (χ0) is 24.4. The van der Waals surface area contributed by atoms with Crippen molar-refractivity contribution in [2.45, 2.75) is 19.4 Å². The minimum Gasteiger partial charge on any atom is -0.461 e. The molecular formula is C24H26F2N8O. The molecule has 0 aliphatic heterocycles. The van der Waals surface area contributed by atoms with Gasteiger partial charge >= 0.3 is 0 Å². The molecule has 0 atom stereocenters. The number of hydrogen-bond donors (Lipinski definition) is 2. The molecule has 0 spiro atoms. The van der Waals surface area contributed by atoms with Gasteiger partial charge in [-0.25, -0.2) is 13.8 Å². The number of anilines is 2. The van der Waals surface area contributed by atoms with Crippen molar-refractivity contribution in [3.8, 4) is 11.6 Å². The summed E-state index contributed by atoms with van der Waals surface area (Å²) in [5.41, 5.74) is 7.89. The van der Waals surface area contributed by atoms with Crippen LogP contribution in [0.1, 0.15) is 12.8 Å². The third kappa shape index (κ3) is 4.80. The first-order valence-electron chi connectivity index (χ1n) is 11.4. The first-order valence-corrected chi connectivity index (χ1v) is 11.4. The van der Waals surface area contributed by atoms with Gasteiger partial charge in [-0.2, -0.15) is 9.50 Å². The molecule has 0 aliphatic carbocycles. The summed E-state index contributed by atoms with van der Waals surface area (Å²) in [4.78, 5) is 11.4. The van der Waals surface area contributed by atoms with Crippen molar-refractivity contribution in [2.75, 3.05) is 37.7 Å². The number of aromatic nitrogens is 5. The lowest BCUT2D eigenvalue weighted by Crippen LogP contribution is -2.24. The number of nitrogens with two attached hydrogens (primary N) is 1. The summed E-state index contributed by atoms with van der Waals surface area (Å²) in [7, 11) is 2.06. The zero-order valence-corrected chi connectivity index (χ0v) is 19.3. The van der Waals surface area contributed by atoms with E-state index in [0.29, 0.717) is 29.5 Å². The third-order valence-corrected chi connectivity index (χ3v) is 5.90. The average Bonchev–Trinajstić information content (AvgIpc) is 3.58. The molecule has 0 saturated carbocycles. The van der Waals surface area contributed by atoms with Crippen LogP contribution >= 0.6 is 0 Å². The second kappa shape index (κ2) is 9.71. The Morgan fingerprint density at radius 3 is 2.77 bits per heavy atom. The fraction of sp³-hybridized carbons (Fsp3) is 0.292. The van der Waals surface area contributed by atoms with E-state index in [1.165, 1.54) is 16.6 Å². The van der Waals surface area contributed by atoms with Crippen molar-refractivity contribution >= 4 is 28.3 Å². The van der Waals surface area contributed by atoms with Crippen molar-refractivity contribution in [2.24, 2.45) is 0 Å². The van der Waals surface area contributed by atoms with Gasteiger partial charge in [0.15, 0.2) is 11.4 Å². The Balaban J connectivity index is 1.16. The first kappa shape index (κ1) is 22.8. The number of nitrogen functional groups attached to an aromatic ring is 1. The largest absolute Gasteiger partial charge is 0.461 e. The van der Waals surface area contributed by atoms with Crippen molar-refractivity contribution < 1.29 is 13.2 Å².